The average molecular weight is 360 g/mol. The first-order valence-electron chi connectivity index (χ1n) is 9.32. The van der Waals surface area contributed by atoms with E-state index in [-0.39, 0.29) is 0 Å². The molecule has 4 rings (SSSR count). The highest BCUT2D eigenvalue weighted by atomic mass is 15.3. The van der Waals surface area contributed by atoms with E-state index in [2.05, 4.69) is 61.3 Å². The van der Waals surface area contributed by atoms with Gasteiger partial charge in [0.2, 0.25) is 0 Å². The zero-order chi connectivity index (χ0) is 18.5. The van der Waals surface area contributed by atoms with Crippen LogP contribution in [0.1, 0.15) is 11.4 Å². The van der Waals surface area contributed by atoms with E-state index in [9.17, 15) is 0 Å². The Morgan fingerprint density at radius 3 is 2.48 bits per heavy atom. The van der Waals surface area contributed by atoms with Gasteiger partial charge in [-0.05, 0) is 18.6 Å². The van der Waals surface area contributed by atoms with Gasteiger partial charge in [0.1, 0.15) is 11.6 Å². The maximum atomic E-state index is 4.64. The summed E-state index contributed by atoms with van der Waals surface area (Å²) < 4.78 is 1.78. The molecular weight excluding hydrogens is 336 g/mol. The number of aryl methyl sites for hydroxylation is 1. The summed E-state index contributed by atoms with van der Waals surface area (Å²) >= 11 is 0. The second kappa shape index (κ2) is 8.14. The normalized spacial score (nSPS) is 15.5. The Labute approximate surface area is 159 Å². The highest BCUT2D eigenvalue weighted by Crippen LogP contribution is 2.17. The molecule has 1 aliphatic rings. The van der Waals surface area contributed by atoms with E-state index >= 15 is 0 Å². The Morgan fingerprint density at radius 2 is 1.74 bits per heavy atom. The molecule has 0 atom stereocenters. The van der Waals surface area contributed by atoms with Crippen LogP contribution in [0.25, 0.3) is 11.9 Å². The maximum absolute atomic E-state index is 4.64. The Balaban J connectivity index is 1.36. The molecule has 0 spiro atoms. The van der Waals surface area contributed by atoms with Crippen LogP contribution in [0.2, 0.25) is 0 Å². The summed E-state index contributed by atoms with van der Waals surface area (Å²) in [5, 5.41) is 4.28. The van der Waals surface area contributed by atoms with Crippen LogP contribution >= 0.6 is 0 Å². The third-order valence-corrected chi connectivity index (χ3v) is 4.72. The zero-order valence-corrected chi connectivity index (χ0v) is 15.6. The molecule has 1 aromatic carbocycles. The van der Waals surface area contributed by atoms with E-state index in [1.165, 1.54) is 5.56 Å². The predicted octanol–water partition coefficient (Wildman–Crippen LogP) is 2.81. The Hall–Kier alpha value is -2.99. The van der Waals surface area contributed by atoms with Crippen LogP contribution < -0.4 is 4.90 Å². The molecule has 27 heavy (non-hydrogen) atoms. The lowest BCUT2D eigenvalue weighted by Crippen LogP contribution is -2.46. The second-order valence-electron chi connectivity index (χ2n) is 6.68. The first kappa shape index (κ1) is 17.4. The number of piperazine rings is 1. The average Bonchev–Trinajstić information content (AvgIpc) is 3.24. The minimum absolute atomic E-state index is 0.770. The van der Waals surface area contributed by atoms with Gasteiger partial charge in [-0.2, -0.15) is 5.10 Å². The lowest BCUT2D eigenvalue weighted by Gasteiger charge is -2.35. The maximum Gasteiger partial charge on any atom is 0.159 e. The van der Waals surface area contributed by atoms with E-state index in [1.54, 1.807) is 10.9 Å². The molecule has 1 aliphatic heterocycles. The summed E-state index contributed by atoms with van der Waals surface area (Å²) in [7, 11) is 0. The van der Waals surface area contributed by atoms with Gasteiger partial charge in [0, 0.05) is 51.2 Å². The number of hydrogen-bond acceptors (Lipinski definition) is 5. The lowest BCUT2D eigenvalue weighted by molar-refractivity contribution is 0.283. The van der Waals surface area contributed by atoms with Crippen molar-refractivity contribution in [3.8, 4) is 5.82 Å². The largest absolute Gasteiger partial charge is 0.354 e. The monoisotopic (exact) mass is 360 g/mol. The molecule has 0 N–H and O–H groups in total. The van der Waals surface area contributed by atoms with Gasteiger partial charge in [-0.1, -0.05) is 42.5 Å². The van der Waals surface area contributed by atoms with Gasteiger partial charge in [-0.3, -0.25) is 4.90 Å². The lowest BCUT2D eigenvalue weighted by atomic mass is 10.2. The molecule has 3 heterocycles. The van der Waals surface area contributed by atoms with E-state index in [0.717, 1.165) is 50.2 Å². The van der Waals surface area contributed by atoms with Crippen molar-refractivity contribution in [2.24, 2.45) is 0 Å². The molecule has 0 bridgehead atoms. The minimum Gasteiger partial charge on any atom is -0.354 e. The van der Waals surface area contributed by atoms with Crippen molar-refractivity contribution in [3.05, 3.63) is 72.3 Å². The van der Waals surface area contributed by atoms with Gasteiger partial charge in [0.15, 0.2) is 5.82 Å². The number of hydrogen-bond donors (Lipinski definition) is 0. The number of benzene rings is 1. The Bertz CT molecular complexity index is 880. The molecule has 3 aromatic rings. The van der Waals surface area contributed by atoms with Gasteiger partial charge in [-0.25, -0.2) is 14.6 Å². The summed E-state index contributed by atoms with van der Waals surface area (Å²) in [4.78, 5) is 13.9. The Morgan fingerprint density at radius 1 is 0.963 bits per heavy atom. The number of rotatable bonds is 5. The molecule has 0 saturated carbocycles. The molecule has 138 valence electrons. The van der Waals surface area contributed by atoms with Crippen molar-refractivity contribution < 1.29 is 0 Å². The SMILES string of the molecule is Cc1nc(N2CCN(C/C=C/c3ccccc3)CC2)cc(-n2cccn2)n1. The molecule has 0 amide bonds. The predicted molar refractivity (Wildman–Crippen MR) is 108 cm³/mol. The topological polar surface area (TPSA) is 50.1 Å². The smallest absolute Gasteiger partial charge is 0.159 e. The third kappa shape index (κ3) is 4.41. The molecule has 0 radical (unpaired) electrons. The minimum atomic E-state index is 0.770. The first-order chi connectivity index (χ1) is 13.3. The van der Waals surface area contributed by atoms with Crippen LogP contribution in [0.3, 0.4) is 0 Å². The zero-order valence-electron chi connectivity index (χ0n) is 15.6. The van der Waals surface area contributed by atoms with Crippen LogP contribution in [-0.4, -0.2) is 57.4 Å². The fourth-order valence-corrected chi connectivity index (χ4v) is 3.28. The van der Waals surface area contributed by atoms with Crippen LogP contribution in [0, 0.1) is 6.92 Å². The van der Waals surface area contributed by atoms with Crippen molar-refractivity contribution in [3.63, 3.8) is 0 Å². The van der Waals surface area contributed by atoms with Crippen molar-refractivity contribution >= 4 is 11.9 Å². The van der Waals surface area contributed by atoms with E-state index in [0.29, 0.717) is 0 Å². The fraction of sp³-hybridized carbons (Fsp3) is 0.286. The summed E-state index contributed by atoms with van der Waals surface area (Å²) in [6, 6.07) is 14.4. The summed E-state index contributed by atoms with van der Waals surface area (Å²) in [5.41, 5.74) is 1.25. The van der Waals surface area contributed by atoms with Gasteiger partial charge in [0.05, 0.1) is 0 Å². The van der Waals surface area contributed by atoms with Crippen molar-refractivity contribution in [1.29, 1.82) is 0 Å². The number of nitrogens with zero attached hydrogens (tertiary/aromatic N) is 6. The molecular formula is C21H24N6. The number of anilines is 1. The standard InChI is InChI=1S/C21H24N6/c1-18-23-20(17-21(24-18)27-12-6-10-22-27)26-15-13-25(14-16-26)11-5-9-19-7-3-2-4-8-19/h2-10,12,17H,11,13-16H2,1H3/b9-5+. The summed E-state index contributed by atoms with van der Waals surface area (Å²) in [6.45, 7) is 6.89. The molecule has 0 unspecified atom stereocenters. The van der Waals surface area contributed by atoms with E-state index in [1.807, 2.05) is 31.3 Å². The molecule has 6 nitrogen and oxygen atoms in total. The van der Waals surface area contributed by atoms with E-state index < -0.39 is 0 Å². The van der Waals surface area contributed by atoms with Gasteiger partial charge in [0.25, 0.3) is 0 Å². The van der Waals surface area contributed by atoms with Gasteiger partial charge < -0.3 is 4.90 Å². The quantitative estimate of drug-likeness (QED) is 0.700. The molecule has 6 heteroatoms. The highest BCUT2D eigenvalue weighted by Gasteiger charge is 2.18. The second-order valence-corrected chi connectivity index (χ2v) is 6.68. The third-order valence-electron chi connectivity index (χ3n) is 4.72. The van der Waals surface area contributed by atoms with E-state index in [4.69, 9.17) is 0 Å². The Kier molecular flexibility index (Phi) is 5.25. The van der Waals surface area contributed by atoms with Crippen molar-refractivity contribution in [2.75, 3.05) is 37.6 Å². The van der Waals surface area contributed by atoms with Crippen LogP contribution in [-0.2, 0) is 0 Å². The first-order valence-corrected chi connectivity index (χ1v) is 9.32. The summed E-state index contributed by atoms with van der Waals surface area (Å²) in [5.74, 6) is 2.56. The molecule has 1 saturated heterocycles. The molecule has 1 fully saturated rings. The molecule has 2 aromatic heterocycles. The van der Waals surface area contributed by atoms with Crippen LogP contribution in [0.4, 0.5) is 5.82 Å². The number of aromatic nitrogens is 4. The molecule has 0 aliphatic carbocycles. The highest BCUT2D eigenvalue weighted by molar-refractivity contribution is 5.49. The van der Waals surface area contributed by atoms with Gasteiger partial charge >= 0.3 is 0 Å². The van der Waals surface area contributed by atoms with Crippen molar-refractivity contribution in [2.45, 2.75) is 6.92 Å². The van der Waals surface area contributed by atoms with Crippen LogP contribution in [0.15, 0.2) is 60.9 Å². The van der Waals surface area contributed by atoms with Gasteiger partial charge in [-0.15, -0.1) is 0 Å². The van der Waals surface area contributed by atoms with Crippen molar-refractivity contribution in [1.82, 2.24) is 24.6 Å². The fourth-order valence-electron chi connectivity index (χ4n) is 3.28. The summed E-state index contributed by atoms with van der Waals surface area (Å²) in [6.07, 6.45) is 8.10. The van der Waals surface area contributed by atoms with Crippen LogP contribution in [0.5, 0.6) is 0 Å².